The number of H-pyrrole nitrogens is 1. The van der Waals surface area contributed by atoms with E-state index in [4.69, 9.17) is 0 Å². The number of alkyl halides is 3. The van der Waals surface area contributed by atoms with Crippen LogP contribution in [0.2, 0.25) is 0 Å². The molecule has 16 heavy (non-hydrogen) atoms. The van der Waals surface area contributed by atoms with Crippen molar-refractivity contribution < 1.29 is 13.2 Å². The molecule has 0 saturated heterocycles. The summed E-state index contributed by atoms with van der Waals surface area (Å²) >= 11 is 0. The molecule has 1 radical (unpaired) electrons. The first-order valence-electron chi connectivity index (χ1n) is 4.21. The van der Waals surface area contributed by atoms with E-state index in [2.05, 4.69) is 11.4 Å². The zero-order valence-electron chi connectivity index (χ0n) is 7.75. The van der Waals surface area contributed by atoms with Gasteiger partial charge in [0.25, 0.3) is 0 Å². The van der Waals surface area contributed by atoms with Crippen molar-refractivity contribution in [3.05, 3.63) is 46.6 Å². The van der Waals surface area contributed by atoms with Crippen LogP contribution in [0, 0.1) is 6.33 Å². The maximum atomic E-state index is 12.4. The molecule has 1 N–H and O–H groups in total. The van der Waals surface area contributed by atoms with Crippen molar-refractivity contribution in [2.75, 3.05) is 0 Å². The van der Waals surface area contributed by atoms with Crippen LogP contribution in [0.1, 0.15) is 5.56 Å². The van der Waals surface area contributed by atoms with E-state index in [1.165, 1.54) is 12.1 Å². The lowest BCUT2D eigenvalue weighted by Crippen LogP contribution is -2.15. The molecule has 0 saturated carbocycles. The first-order valence-corrected chi connectivity index (χ1v) is 4.21. The molecule has 0 amide bonds. The van der Waals surface area contributed by atoms with Crippen molar-refractivity contribution in [3.8, 4) is 5.69 Å². The molecule has 0 fully saturated rings. The van der Waals surface area contributed by atoms with Gasteiger partial charge >= 0.3 is 11.9 Å². The van der Waals surface area contributed by atoms with Crippen LogP contribution in [0.3, 0.4) is 0 Å². The number of rotatable bonds is 1. The van der Waals surface area contributed by atoms with Crippen molar-refractivity contribution in [1.82, 2.24) is 14.8 Å². The fourth-order valence-corrected chi connectivity index (χ4v) is 1.21. The Balaban J connectivity index is 2.53. The van der Waals surface area contributed by atoms with Crippen molar-refractivity contribution in [2.24, 2.45) is 0 Å². The summed E-state index contributed by atoms with van der Waals surface area (Å²) < 4.78 is 38.0. The third kappa shape index (κ3) is 1.83. The molecule has 0 aliphatic rings. The van der Waals surface area contributed by atoms with Gasteiger partial charge < -0.3 is 0 Å². The van der Waals surface area contributed by atoms with Crippen LogP contribution in [0.5, 0.6) is 0 Å². The van der Waals surface area contributed by atoms with Crippen molar-refractivity contribution >= 4 is 0 Å². The standard InChI is InChI=1S/C9H5F3N3O/c10-9(11,12)6-2-1-3-7(4-6)15-5-13-14-8(15)16/h1-4H,(H,14,16). The highest BCUT2D eigenvalue weighted by atomic mass is 19.4. The van der Waals surface area contributed by atoms with E-state index >= 15 is 0 Å². The van der Waals surface area contributed by atoms with Crippen LogP contribution in [-0.2, 0) is 6.18 Å². The van der Waals surface area contributed by atoms with Gasteiger partial charge in [0.2, 0.25) is 6.33 Å². The number of aromatic amines is 1. The van der Waals surface area contributed by atoms with Crippen LogP contribution in [0.15, 0.2) is 29.1 Å². The number of hydrogen-bond acceptors (Lipinski definition) is 2. The topological polar surface area (TPSA) is 50.7 Å². The Morgan fingerprint density at radius 3 is 2.69 bits per heavy atom. The Bertz CT molecular complexity index is 555. The molecule has 1 aromatic heterocycles. The molecule has 0 unspecified atom stereocenters. The molecule has 0 spiro atoms. The highest BCUT2D eigenvalue weighted by Gasteiger charge is 2.30. The van der Waals surface area contributed by atoms with E-state index in [9.17, 15) is 18.0 Å². The summed E-state index contributed by atoms with van der Waals surface area (Å²) in [6.07, 6.45) is -2.21. The molecule has 0 bridgehead atoms. The second kappa shape index (κ2) is 3.51. The number of nitrogens with one attached hydrogen (secondary N) is 1. The summed E-state index contributed by atoms with van der Waals surface area (Å²) in [5.74, 6) is 0. The summed E-state index contributed by atoms with van der Waals surface area (Å²) in [5.41, 5.74) is -1.40. The van der Waals surface area contributed by atoms with Gasteiger partial charge in [-0.15, -0.1) is 5.10 Å². The molecule has 0 aliphatic carbocycles. The van der Waals surface area contributed by atoms with Crippen LogP contribution in [-0.4, -0.2) is 14.8 Å². The lowest BCUT2D eigenvalue weighted by Gasteiger charge is -2.07. The minimum absolute atomic E-state index is 0.0635. The molecule has 1 heterocycles. The Kier molecular flexibility index (Phi) is 2.30. The third-order valence-electron chi connectivity index (χ3n) is 1.94. The largest absolute Gasteiger partial charge is 0.416 e. The second-order valence-electron chi connectivity index (χ2n) is 3.01. The van der Waals surface area contributed by atoms with Gasteiger partial charge in [-0.25, -0.2) is 14.5 Å². The molecule has 0 atom stereocenters. The second-order valence-corrected chi connectivity index (χ2v) is 3.01. The van der Waals surface area contributed by atoms with Crippen molar-refractivity contribution in [2.45, 2.75) is 6.18 Å². The fraction of sp³-hybridized carbons (Fsp3) is 0.111. The first kappa shape index (κ1) is 10.5. The summed E-state index contributed by atoms with van der Waals surface area (Å²) in [6.45, 7) is 0. The summed E-state index contributed by atoms with van der Waals surface area (Å²) in [5, 5.41) is 5.36. The van der Waals surface area contributed by atoms with Gasteiger partial charge in [-0.3, -0.25) is 0 Å². The maximum absolute atomic E-state index is 12.4. The van der Waals surface area contributed by atoms with E-state index in [0.29, 0.717) is 0 Å². The summed E-state index contributed by atoms with van der Waals surface area (Å²) in [7, 11) is 0. The average Bonchev–Trinajstić information content (AvgIpc) is 2.63. The number of aromatic nitrogens is 3. The van der Waals surface area contributed by atoms with Crippen LogP contribution in [0.25, 0.3) is 5.69 Å². The molecule has 2 rings (SSSR count). The molecule has 1 aromatic carbocycles. The molecular weight excluding hydrogens is 223 g/mol. The molecule has 83 valence electrons. The quantitative estimate of drug-likeness (QED) is 0.801. The normalized spacial score (nSPS) is 11.7. The Morgan fingerprint density at radius 1 is 1.38 bits per heavy atom. The van der Waals surface area contributed by atoms with Gasteiger partial charge in [-0.1, -0.05) is 6.07 Å². The highest BCUT2D eigenvalue weighted by molar-refractivity contribution is 5.36. The molecule has 2 aromatic rings. The Morgan fingerprint density at radius 2 is 2.12 bits per heavy atom. The third-order valence-corrected chi connectivity index (χ3v) is 1.94. The van der Waals surface area contributed by atoms with Gasteiger partial charge in [0, 0.05) is 0 Å². The summed E-state index contributed by atoms with van der Waals surface area (Å²) in [4.78, 5) is 11.1. The lowest BCUT2D eigenvalue weighted by molar-refractivity contribution is -0.137. The van der Waals surface area contributed by atoms with Crippen LogP contribution in [0.4, 0.5) is 13.2 Å². The smallest absolute Gasteiger partial charge is 0.246 e. The fourth-order valence-electron chi connectivity index (χ4n) is 1.21. The molecular formula is C9H5F3N3O. The number of hydrogen-bond donors (Lipinski definition) is 1. The predicted octanol–water partition coefficient (Wildman–Crippen LogP) is 1.38. The van der Waals surface area contributed by atoms with Crippen molar-refractivity contribution in [3.63, 3.8) is 0 Å². The lowest BCUT2D eigenvalue weighted by atomic mass is 10.2. The van der Waals surface area contributed by atoms with E-state index in [1.54, 1.807) is 0 Å². The number of nitrogens with zero attached hydrogens (tertiary/aromatic N) is 2. The average molecular weight is 228 g/mol. The zero-order chi connectivity index (χ0) is 11.8. The molecule has 0 aliphatic heterocycles. The maximum Gasteiger partial charge on any atom is 0.416 e. The SMILES string of the molecule is O=c1[nH]n[c]n1-c1cccc(C(F)(F)F)c1. The van der Waals surface area contributed by atoms with Gasteiger partial charge in [0.15, 0.2) is 0 Å². The van der Waals surface area contributed by atoms with Gasteiger partial charge in [-0.05, 0) is 18.2 Å². The Labute approximate surface area is 87.3 Å². The van der Waals surface area contributed by atoms with E-state index in [1.807, 2.05) is 5.10 Å². The minimum Gasteiger partial charge on any atom is -0.246 e. The first-order chi connectivity index (χ1) is 7.48. The van der Waals surface area contributed by atoms with Gasteiger partial charge in [-0.2, -0.15) is 13.2 Å². The zero-order valence-corrected chi connectivity index (χ0v) is 7.75. The molecule has 4 nitrogen and oxygen atoms in total. The molecule has 7 heteroatoms. The number of benzene rings is 1. The van der Waals surface area contributed by atoms with E-state index < -0.39 is 17.4 Å². The van der Waals surface area contributed by atoms with Crippen LogP contribution >= 0.6 is 0 Å². The van der Waals surface area contributed by atoms with Crippen LogP contribution < -0.4 is 5.69 Å². The highest BCUT2D eigenvalue weighted by Crippen LogP contribution is 2.29. The Hall–Kier alpha value is -2.05. The monoisotopic (exact) mass is 228 g/mol. The van der Waals surface area contributed by atoms with Gasteiger partial charge in [0.05, 0.1) is 11.3 Å². The summed E-state index contributed by atoms with van der Waals surface area (Å²) in [6, 6.07) is 4.36. The van der Waals surface area contributed by atoms with Gasteiger partial charge in [0.1, 0.15) is 0 Å². The van der Waals surface area contributed by atoms with Crippen molar-refractivity contribution in [1.29, 1.82) is 0 Å². The predicted molar refractivity (Wildman–Crippen MR) is 48.0 cm³/mol. The number of halogens is 3. The van der Waals surface area contributed by atoms with E-state index in [0.717, 1.165) is 16.7 Å². The minimum atomic E-state index is -4.44. The van der Waals surface area contributed by atoms with E-state index in [-0.39, 0.29) is 5.69 Å².